The van der Waals surface area contributed by atoms with E-state index >= 15 is 0 Å². The van der Waals surface area contributed by atoms with Crippen molar-refractivity contribution in [2.75, 3.05) is 0 Å². The van der Waals surface area contributed by atoms with Gasteiger partial charge < -0.3 is 0 Å². The molecule has 0 aliphatic carbocycles. The van der Waals surface area contributed by atoms with Crippen molar-refractivity contribution in [1.82, 2.24) is 10.2 Å². The van der Waals surface area contributed by atoms with Crippen LogP contribution in [0.4, 0.5) is 0 Å². The van der Waals surface area contributed by atoms with Crippen LogP contribution in [0, 0.1) is 6.92 Å². The second kappa shape index (κ2) is 7.30. The van der Waals surface area contributed by atoms with Crippen molar-refractivity contribution in [2.45, 2.75) is 45.1 Å². The van der Waals surface area contributed by atoms with E-state index in [0.717, 1.165) is 6.54 Å². The van der Waals surface area contributed by atoms with E-state index in [9.17, 15) is 0 Å². The lowest BCUT2D eigenvalue weighted by Crippen LogP contribution is -2.46. The third kappa shape index (κ3) is 3.69. The molecule has 3 aromatic carbocycles. The number of hydrogen-bond acceptors (Lipinski definition) is 2. The molecule has 4 rings (SSSR count). The molecule has 3 aromatic rings. The number of aryl methyl sites for hydroxylation is 1. The first kappa shape index (κ1) is 18.0. The number of benzene rings is 3. The summed E-state index contributed by atoms with van der Waals surface area (Å²) in [7, 11) is 0. The quantitative estimate of drug-likeness (QED) is 0.653. The second-order valence-corrected chi connectivity index (χ2v) is 8.06. The Morgan fingerprint density at radius 2 is 1.33 bits per heavy atom. The third-order valence-corrected chi connectivity index (χ3v) is 5.65. The summed E-state index contributed by atoms with van der Waals surface area (Å²) in [5.74, 6) is 0. The van der Waals surface area contributed by atoms with Gasteiger partial charge in [-0.3, -0.25) is 10.2 Å². The first-order chi connectivity index (χ1) is 13.0. The maximum absolute atomic E-state index is 3.90. The summed E-state index contributed by atoms with van der Waals surface area (Å²) in [4.78, 5) is 2.60. The Morgan fingerprint density at radius 1 is 0.778 bits per heavy atom. The predicted molar refractivity (Wildman–Crippen MR) is 112 cm³/mol. The van der Waals surface area contributed by atoms with Gasteiger partial charge in [-0.2, -0.15) is 0 Å². The molecule has 2 atom stereocenters. The summed E-state index contributed by atoms with van der Waals surface area (Å²) in [6, 6.07) is 31.2. The van der Waals surface area contributed by atoms with Crippen LogP contribution in [0.15, 0.2) is 84.9 Å². The van der Waals surface area contributed by atoms with Crippen molar-refractivity contribution in [3.8, 4) is 0 Å². The van der Waals surface area contributed by atoms with Gasteiger partial charge >= 0.3 is 0 Å². The van der Waals surface area contributed by atoms with Crippen LogP contribution in [-0.2, 0) is 6.54 Å². The molecule has 1 aliphatic heterocycles. The molecule has 0 aromatic heterocycles. The minimum absolute atomic E-state index is 0.105. The number of rotatable bonds is 4. The average molecular weight is 357 g/mol. The smallest absolute Gasteiger partial charge is 0.0668 e. The second-order valence-electron chi connectivity index (χ2n) is 8.06. The number of hydrogen-bond donors (Lipinski definition) is 1. The fourth-order valence-electron chi connectivity index (χ4n) is 4.20. The zero-order valence-corrected chi connectivity index (χ0v) is 16.4. The average Bonchev–Trinajstić information content (AvgIpc) is 2.96. The van der Waals surface area contributed by atoms with Gasteiger partial charge in [0.25, 0.3) is 0 Å². The van der Waals surface area contributed by atoms with Crippen LogP contribution in [0.2, 0.25) is 0 Å². The van der Waals surface area contributed by atoms with Crippen LogP contribution in [0.25, 0.3) is 0 Å². The Hall–Kier alpha value is -2.42. The highest BCUT2D eigenvalue weighted by Crippen LogP contribution is 2.45. The standard InChI is InChI=1S/C25H28N2/c1-19-14-16-20(17-15-19)18-27-24(22-12-8-5-9-13-22)23(26-25(27,2)3)21-10-6-4-7-11-21/h4-17,23-24,26H,18H2,1-3H3. The highest BCUT2D eigenvalue weighted by Gasteiger charge is 2.46. The number of nitrogens with one attached hydrogen (secondary N) is 1. The zero-order valence-electron chi connectivity index (χ0n) is 16.4. The molecule has 0 amide bonds. The molecule has 138 valence electrons. The van der Waals surface area contributed by atoms with Crippen LogP contribution in [-0.4, -0.2) is 10.6 Å². The minimum atomic E-state index is -0.105. The summed E-state index contributed by atoms with van der Waals surface area (Å²) in [5, 5.41) is 3.90. The normalized spacial score (nSPS) is 22.0. The Morgan fingerprint density at radius 3 is 1.93 bits per heavy atom. The lowest BCUT2D eigenvalue weighted by atomic mass is 9.93. The van der Waals surface area contributed by atoms with E-state index in [0.29, 0.717) is 0 Å². The van der Waals surface area contributed by atoms with Gasteiger partial charge in [0.1, 0.15) is 0 Å². The molecule has 2 nitrogen and oxygen atoms in total. The summed E-state index contributed by atoms with van der Waals surface area (Å²) in [6.07, 6.45) is 0. The Kier molecular flexibility index (Phi) is 4.86. The molecule has 0 bridgehead atoms. The molecule has 2 heteroatoms. The van der Waals surface area contributed by atoms with E-state index in [2.05, 4.69) is 116 Å². The summed E-state index contributed by atoms with van der Waals surface area (Å²) < 4.78 is 0. The monoisotopic (exact) mass is 356 g/mol. The molecule has 1 aliphatic rings. The lowest BCUT2D eigenvalue weighted by molar-refractivity contribution is 0.108. The Bertz CT molecular complexity index is 869. The summed E-state index contributed by atoms with van der Waals surface area (Å²) in [6.45, 7) is 7.65. The molecule has 27 heavy (non-hydrogen) atoms. The molecule has 0 radical (unpaired) electrons. The third-order valence-electron chi connectivity index (χ3n) is 5.65. The van der Waals surface area contributed by atoms with E-state index in [-0.39, 0.29) is 17.7 Å². The van der Waals surface area contributed by atoms with Crippen molar-refractivity contribution in [3.63, 3.8) is 0 Å². The van der Waals surface area contributed by atoms with Crippen molar-refractivity contribution < 1.29 is 0 Å². The predicted octanol–water partition coefficient (Wildman–Crippen LogP) is 5.62. The van der Waals surface area contributed by atoms with Crippen molar-refractivity contribution in [3.05, 3.63) is 107 Å². The molecule has 0 saturated carbocycles. The van der Waals surface area contributed by atoms with Gasteiger partial charge in [-0.05, 0) is 37.5 Å². The minimum Gasteiger partial charge on any atom is -0.291 e. The number of nitrogens with zero attached hydrogens (tertiary/aromatic N) is 1. The SMILES string of the molecule is Cc1ccc(CN2C(c3ccccc3)C(c3ccccc3)NC2(C)C)cc1. The molecule has 1 saturated heterocycles. The largest absolute Gasteiger partial charge is 0.291 e. The van der Waals surface area contributed by atoms with Crippen LogP contribution < -0.4 is 5.32 Å². The van der Waals surface area contributed by atoms with E-state index in [4.69, 9.17) is 0 Å². The fourth-order valence-corrected chi connectivity index (χ4v) is 4.20. The maximum atomic E-state index is 3.90. The van der Waals surface area contributed by atoms with E-state index in [1.165, 1.54) is 22.3 Å². The van der Waals surface area contributed by atoms with Crippen molar-refractivity contribution in [2.24, 2.45) is 0 Å². The molecule has 1 heterocycles. The van der Waals surface area contributed by atoms with Crippen LogP contribution in [0.3, 0.4) is 0 Å². The first-order valence-corrected chi connectivity index (χ1v) is 9.74. The molecular formula is C25H28N2. The molecule has 1 N–H and O–H groups in total. The molecular weight excluding hydrogens is 328 g/mol. The van der Waals surface area contributed by atoms with Gasteiger partial charge in [-0.1, -0.05) is 90.5 Å². The Balaban J connectivity index is 1.75. The van der Waals surface area contributed by atoms with Crippen molar-refractivity contribution >= 4 is 0 Å². The molecule has 0 spiro atoms. The van der Waals surface area contributed by atoms with Crippen LogP contribution >= 0.6 is 0 Å². The van der Waals surface area contributed by atoms with Gasteiger partial charge in [0, 0.05) is 6.54 Å². The summed E-state index contributed by atoms with van der Waals surface area (Å²) >= 11 is 0. The molecule has 1 fully saturated rings. The maximum Gasteiger partial charge on any atom is 0.0668 e. The zero-order chi connectivity index (χ0) is 18.9. The lowest BCUT2D eigenvalue weighted by Gasteiger charge is -2.35. The topological polar surface area (TPSA) is 15.3 Å². The van der Waals surface area contributed by atoms with E-state index in [1.807, 2.05) is 0 Å². The molecule has 2 unspecified atom stereocenters. The van der Waals surface area contributed by atoms with Gasteiger partial charge in [0.15, 0.2) is 0 Å². The summed E-state index contributed by atoms with van der Waals surface area (Å²) in [5.41, 5.74) is 5.25. The van der Waals surface area contributed by atoms with Crippen molar-refractivity contribution in [1.29, 1.82) is 0 Å². The van der Waals surface area contributed by atoms with Crippen LogP contribution in [0.5, 0.6) is 0 Å². The van der Waals surface area contributed by atoms with Gasteiger partial charge in [0.05, 0.1) is 17.7 Å². The fraction of sp³-hybridized carbons (Fsp3) is 0.280. The van der Waals surface area contributed by atoms with Gasteiger partial charge in [-0.25, -0.2) is 0 Å². The van der Waals surface area contributed by atoms with E-state index < -0.39 is 0 Å². The highest BCUT2D eigenvalue weighted by molar-refractivity contribution is 5.32. The van der Waals surface area contributed by atoms with Crippen LogP contribution in [0.1, 0.15) is 48.2 Å². The van der Waals surface area contributed by atoms with Gasteiger partial charge in [-0.15, -0.1) is 0 Å². The highest BCUT2D eigenvalue weighted by atomic mass is 15.4. The van der Waals surface area contributed by atoms with Gasteiger partial charge in [0.2, 0.25) is 0 Å². The Labute approximate surface area is 162 Å². The first-order valence-electron chi connectivity index (χ1n) is 9.74. The van der Waals surface area contributed by atoms with E-state index in [1.54, 1.807) is 0 Å².